The summed E-state index contributed by atoms with van der Waals surface area (Å²) < 4.78 is 2.04. The second-order valence-corrected chi connectivity index (χ2v) is 10.7. The Morgan fingerprint density at radius 1 is 1.14 bits per heavy atom. The molecular formula is C25H33ClN8O. The summed E-state index contributed by atoms with van der Waals surface area (Å²) in [6.07, 6.45) is 5.52. The number of carbonyl (C=O) groups excluding carboxylic acids is 1. The fraction of sp³-hybridized carbons (Fsp3) is 0.520. The summed E-state index contributed by atoms with van der Waals surface area (Å²) >= 11 is 6.49. The van der Waals surface area contributed by atoms with Crippen LogP contribution in [0, 0.1) is 5.92 Å². The Hall–Kier alpha value is -2.91. The number of piperazine rings is 1. The van der Waals surface area contributed by atoms with Crippen molar-refractivity contribution >= 4 is 34.9 Å². The van der Waals surface area contributed by atoms with Crippen LogP contribution in [0.3, 0.4) is 0 Å². The summed E-state index contributed by atoms with van der Waals surface area (Å²) in [6, 6.07) is 6.23. The van der Waals surface area contributed by atoms with E-state index in [2.05, 4.69) is 52.5 Å². The first kappa shape index (κ1) is 23.8. The van der Waals surface area contributed by atoms with Crippen LogP contribution in [-0.2, 0) is 10.3 Å². The second kappa shape index (κ2) is 8.95. The van der Waals surface area contributed by atoms with Crippen LogP contribution >= 0.6 is 11.6 Å². The highest BCUT2D eigenvalue weighted by Crippen LogP contribution is 2.34. The van der Waals surface area contributed by atoms with Crippen molar-refractivity contribution in [3.63, 3.8) is 0 Å². The third-order valence-electron chi connectivity index (χ3n) is 7.54. The fourth-order valence-electron chi connectivity index (χ4n) is 5.06. The first-order chi connectivity index (χ1) is 16.7. The molecule has 0 N–H and O–H groups in total. The van der Waals surface area contributed by atoms with E-state index in [0.717, 1.165) is 31.0 Å². The third-order valence-corrected chi connectivity index (χ3v) is 7.81. The summed E-state index contributed by atoms with van der Waals surface area (Å²) in [5.74, 6) is 1.40. The SMILES string of the molecule is C[C@@H]1CN(C)CCN1c1ncc(Cl)c(N2CC(C(=O)N(C)C(C)(C)c3cnc4ccccn34)C2)n1. The molecule has 5 rings (SSSR count). The number of likely N-dealkylation sites (N-methyl/N-ethyl adjacent to an activating group) is 1. The van der Waals surface area contributed by atoms with E-state index in [-0.39, 0.29) is 11.8 Å². The number of hydrogen-bond donors (Lipinski definition) is 0. The van der Waals surface area contributed by atoms with Gasteiger partial charge in [0.15, 0.2) is 5.82 Å². The lowest BCUT2D eigenvalue weighted by Crippen LogP contribution is -2.57. The van der Waals surface area contributed by atoms with E-state index < -0.39 is 5.54 Å². The van der Waals surface area contributed by atoms with Crippen molar-refractivity contribution in [3.05, 3.63) is 47.5 Å². The van der Waals surface area contributed by atoms with E-state index in [1.807, 2.05) is 46.9 Å². The van der Waals surface area contributed by atoms with Crippen LogP contribution in [0.1, 0.15) is 26.5 Å². The maximum atomic E-state index is 13.4. The normalized spacial score (nSPS) is 19.8. The van der Waals surface area contributed by atoms with Crippen molar-refractivity contribution < 1.29 is 4.79 Å². The first-order valence-electron chi connectivity index (χ1n) is 12.1. The molecule has 5 heterocycles. The number of nitrogens with zero attached hydrogens (tertiary/aromatic N) is 8. The van der Waals surface area contributed by atoms with Crippen LogP contribution in [0.15, 0.2) is 36.8 Å². The van der Waals surface area contributed by atoms with Crippen molar-refractivity contribution in [1.82, 2.24) is 29.2 Å². The van der Waals surface area contributed by atoms with E-state index in [0.29, 0.717) is 35.9 Å². The number of carbonyl (C=O) groups is 1. The van der Waals surface area contributed by atoms with E-state index in [1.165, 1.54) is 0 Å². The number of aromatic nitrogens is 4. The zero-order chi connectivity index (χ0) is 24.9. The van der Waals surface area contributed by atoms with Crippen LogP contribution in [0.2, 0.25) is 5.02 Å². The van der Waals surface area contributed by atoms with E-state index in [4.69, 9.17) is 16.6 Å². The fourth-order valence-corrected chi connectivity index (χ4v) is 5.27. The summed E-state index contributed by atoms with van der Waals surface area (Å²) in [5.41, 5.74) is 1.33. The molecule has 0 spiro atoms. The molecule has 10 heteroatoms. The average molecular weight is 497 g/mol. The van der Waals surface area contributed by atoms with Crippen LogP contribution in [-0.4, -0.2) is 87.9 Å². The van der Waals surface area contributed by atoms with Gasteiger partial charge in [0.2, 0.25) is 11.9 Å². The van der Waals surface area contributed by atoms with Gasteiger partial charge in [-0.2, -0.15) is 4.98 Å². The topological polar surface area (TPSA) is 73.1 Å². The minimum Gasteiger partial charge on any atom is -0.353 e. The van der Waals surface area contributed by atoms with Gasteiger partial charge in [0.1, 0.15) is 10.7 Å². The molecule has 3 aromatic heterocycles. The largest absolute Gasteiger partial charge is 0.353 e. The third kappa shape index (κ3) is 4.21. The van der Waals surface area contributed by atoms with Gasteiger partial charge in [0, 0.05) is 52.0 Å². The molecule has 186 valence electrons. The van der Waals surface area contributed by atoms with Crippen molar-refractivity contribution in [2.75, 3.05) is 56.6 Å². The first-order valence-corrected chi connectivity index (χ1v) is 12.5. The molecule has 3 aromatic rings. The maximum absolute atomic E-state index is 13.4. The monoisotopic (exact) mass is 496 g/mol. The Balaban J connectivity index is 1.28. The van der Waals surface area contributed by atoms with Crippen LogP contribution < -0.4 is 9.80 Å². The zero-order valence-electron chi connectivity index (χ0n) is 21.0. The highest BCUT2D eigenvalue weighted by Gasteiger charge is 2.41. The number of rotatable bonds is 5. The van der Waals surface area contributed by atoms with Gasteiger partial charge in [0.25, 0.3) is 0 Å². The van der Waals surface area contributed by atoms with Crippen LogP contribution in [0.4, 0.5) is 11.8 Å². The van der Waals surface area contributed by atoms with E-state index >= 15 is 0 Å². The van der Waals surface area contributed by atoms with Gasteiger partial charge in [-0.3, -0.25) is 4.79 Å². The lowest BCUT2D eigenvalue weighted by Gasteiger charge is -2.44. The zero-order valence-corrected chi connectivity index (χ0v) is 21.8. The van der Waals surface area contributed by atoms with Crippen molar-refractivity contribution in [1.29, 1.82) is 0 Å². The molecule has 1 amide bonds. The molecule has 1 atom stereocenters. The molecule has 0 saturated carbocycles. The van der Waals surface area contributed by atoms with Crippen molar-refractivity contribution in [3.8, 4) is 0 Å². The Bertz CT molecular complexity index is 1240. The Morgan fingerprint density at radius 3 is 2.66 bits per heavy atom. The summed E-state index contributed by atoms with van der Waals surface area (Å²) in [5, 5.41) is 0.515. The number of halogens is 1. The van der Waals surface area contributed by atoms with Gasteiger partial charge in [0.05, 0.1) is 29.5 Å². The lowest BCUT2D eigenvalue weighted by molar-refractivity contribution is -0.140. The van der Waals surface area contributed by atoms with Crippen LogP contribution in [0.5, 0.6) is 0 Å². The molecule has 2 fully saturated rings. The molecule has 2 saturated heterocycles. The Morgan fingerprint density at radius 2 is 1.91 bits per heavy atom. The minimum absolute atomic E-state index is 0.107. The summed E-state index contributed by atoms with van der Waals surface area (Å²) in [7, 11) is 4.00. The number of fused-ring (bicyclic) bond motifs is 1. The van der Waals surface area contributed by atoms with Gasteiger partial charge in [-0.1, -0.05) is 17.7 Å². The number of anilines is 2. The number of hydrogen-bond acceptors (Lipinski definition) is 7. The average Bonchev–Trinajstić information content (AvgIpc) is 3.24. The standard InChI is InChI=1S/C25H33ClN8O/c1-17-14-30(4)10-11-33(17)24-28-12-19(26)22(29-24)32-15-18(16-32)23(35)31(5)25(2,3)20-13-27-21-8-6-7-9-34(20)21/h6-9,12-13,17-18H,10-11,14-16H2,1-5H3/t17-/m1/s1. The maximum Gasteiger partial charge on any atom is 0.229 e. The summed E-state index contributed by atoms with van der Waals surface area (Å²) in [6.45, 7) is 10.3. The Labute approximate surface area is 211 Å². The smallest absolute Gasteiger partial charge is 0.229 e. The second-order valence-electron chi connectivity index (χ2n) is 10.3. The predicted octanol–water partition coefficient (Wildman–Crippen LogP) is 2.75. The molecule has 2 aliphatic heterocycles. The number of pyridine rings is 1. The summed E-state index contributed by atoms with van der Waals surface area (Å²) in [4.78, 5) is 35.7. The molecule has 0 unspecified atom stereocenters. The molecule has 0 aromatic carbocycles. The number of imidazole rings is 1. The molecule has 35 heavy (non-hydrogen) atoms. The highest BCUT2D eigenvalue weighted by atomic mass is 35.5. The molecular weight excluding hydrogens is 464 g/mol. The van der Waals surface area contributed by atoms with Gasteiger partial charge in [-0.15, -0.1) is 0 Å². The quantitative estimate of drug-likeness (QED) is 0.537. The van der Waals surface area contributed by atoms with Gasteiger partial charge >= 0.3 is 0 Å². The van der Waals surface area contributed by atoms with Gasteiger partial charge in [-0.25, -0.2) is 9.97 Å². The van der Waals surface area contributed by atoms with Crippen molar-refractivity contribution in [2.24, 2.45) is 5.92 Å². The van der Waals surface area contributed by atoms with E-state index in [9.17, 15) is 4.79 Å². The van der Waals surface area contributed by atoms with Gasteiger partial charge < -0.3 is 24.0 Å². The molecule has 0 radical (unpaired) electrons. The molecule has 9 nitrogen and oxygen atoms in total. The van der Waals surface area contributed by atoms with Crippen LogP contribution in [0.25, 0.3) is 5.65 Å². The molecule has 2 aliphatic rings. The molecule has 0 bridgehead atoms. The van der Waals surface area contributed by atoms with Crippen molar-refractivity contribution in [2.45, 2.75) is 32.4 Å². The Kier molecular flexibility index (Phi) is 6.09. The number of amides is 1. The minimum atomic E-state index is -0.518. The lowest BCUT2D eigenvalue weighted by atomic mass is 9.93. The van der Waals surface area contributed by atoms with Gasteiger partial charge in [-0.05, 0) is 40.0 Å². The van der Waals surface area contributed by atoms with E-state index in [1.54, 1.807) is 6.20 Å². The highest BCUT2D eigenvalue weighted by molar-refractivity contribution is 6.32. The predicted molar refractivity (Wildman–Crippen MR) is 138 cm³/mol. The molecule has 0 aliphatic carbocycles.